The highest BCUT2D eigenvalue weighted by Gasteiger charge is 2.45. The zero-order valence-corrected chi connectivity index (χ0v) is 8.41. The van der Waals surface area contributed by atoms with Gasteiger partial charge in [-0.25, -0.2) is 4.79 Å². The van der Waals surface area contributed by atoms with Gasteiger partial charge in [-0.3, -0.25) is 4.90 Å². The molecule has 13 heavy (non-hydrogen) atoms. The van der Waals surface area contributed by atoms with Crippen molar-refractivity contribution in [2.45, 2.75) is 31.9 Å². The first kappa shape index (κ1) is 10.5. The Kier molecular flexibility index (Phi) is 2.93. The monoisotopic (exact) mass is 187 g/mol. The molecule has 0 saturated carbocycles. The van der Waals surface area contributed by atoms with Crippen molar-refractivity contribution in [1.29, 1.82) is 0 Å². The third-order valence-electron chi connectivity index (χ3n) is 2.77. The molecule has 0 aliphatic carbocycles. The van der Waals surface area contributed by atoms with Gasteiger partial charge in [0.2, 0.25) is 0 Å². The Balaban J connectivity index is 2.69. The average Bonchev–Trinajstić information content (AvgIpc) is 2.49. The Hall–Kier alpha value is -0.610. The molecule has 0 amide bonds. The number of aliphatic carboxylic acids is 1. The normalized spacial score (nSPS) is 29.8. The lowest BCUT2D eigenvalue weighted by molar-refractivity contribution is -0.160. The standard InChI is InChI=1S/C9H17NO3/c1-7(2)10-5-4-9(6-10,13-3)8(11)12/h7H,4-6H2,1-3H3,(H,11,12). The van der Waals surface area contributed by atoms with Crippen LogP contribution in [0.25, 0.3) is 0 Å². The Labute approximate surface area is 78.5 Å². The van der Waals surface area contributed by atoms with E-state index < -0.39 is 11.6 Å². The molecule has 4 heteroatoms. The van der Waals surface area contributed by atoms with Crippen molar-refractivity contribution in [2.24, 2.45) is 0 Å². The van der Waals surface area contributed by atoms with Crippen molar-refractivity contribution in [3.8, 4) is 0 Å². The molecule has 1 N–H and O–H groups in total. The minimum atomic E-state index is -0.968. The predicted octanol–water partition coefficient (Wildman–Crippen LogP) is 0.570. The highest BCUT2D eigenvalue weighted by atomic mass is 16.5. The van der Waals surface area contributed by atoms with Crippen molar-refractivity contribution in [3.05, 3.63) is 0 Å². The van der Waals surface area contributed by atoms with E-state index in [4.69, 9.17) is 9.84 Å². The van der Waals surface area contributed by atoms with Crippen LogP contribution in [0.5, 0.6) is 0 Å². The summed E-state index contributed by atoms with van der Waals surface area (Å²) in [5, 5.41) is 9.01. The van der Waals surface area contributed by atoms with E-state index in [-0.39, 0.29) is 0 Å². The number of ether oxygens (including phenoxy) is 1. The summed E-state index contributed by atoms with van der Waals surface area (Å²) in [4.78, 5) is 13.1. The zero-order chi connectivity index (χ0) is 10.1. The van der Waals surface area contributed by atoms with Crippen LogP contribution >= 0.6 is 0 Å². The van der Waals surface area contributed by atoms with E-state index in [0.717, 1.165) is 6.54 Å². The van der Waals surface area contributed by atoms with Gasteiger partial charge in [-0.1, -0.05) is 0 Å². The minimum absolute atomic E-state index is 0.386. The number of nitrogens with zero attached hydrogens (tertiary/aromatic N) is 1. The molecule has 0 aromatic heterocycles. The highest BCUT2D eigenvalue weighted by molar-refractivity contribution is 5.78. The smallest absolute Gasteiger partial charge is 0.337 e. The molecule has 0 radical (unpaired) electrons. The van der Waals surface area contributed by atoms with E-state index in [9.17, 15) is 4.79 Å². The maximum atomic E-state index is 11.0. The molecule has 1 aliphatic rings. The molecule has 1 aliphatic heterocycles. The van der Waals surface area contributed by atoms with Gasteiger partial charge in [0.15, 0.2) is 5.60 Å². The summed E-state index contributed by atoms with van der Waals surface area (Å²) in [6.45, 7) is 5.43. The first-order valence-corrected chi connectivity index (χ1v) is 4.54. The number of methoxy groups -OCH3 is 1. The fourth-order valence-electron chi connectivity index (χ4n) is 1.68. The molecule has 1 unspecified atom stereocenters. The molecule has 0 bridgehead atoms. The fraction of sp³-hybridized carbons (Fsp3) is 0.889. The SMILES string of the molecule is COC1(C(=O)O)CCN(C(C)C)C1. The molecule has 0 aromatic rings. The van der Waals surface area contributed by atoms with Crippen molar-refractivity contribution >= 4 is 5.97 Å². The topological polar surface area (TPSA) is 49.8 Å². The number of carboxylic acid groups (broad SMARTS) is 1. The summed E-state index contributed by atoms with van der Waals surface area (Å²) >= 11 is 0. The third kappa shape index (κ3) is 1.84. The van der Waals surface area contributed by atoms with Gasteiger partial charge < -0.3 is 9.84 Å². The Morgan fingerprint density at radius 2 is 2.23 bits per heavy atom. The highest BCUT2D eigenvalue weighted by Crippen LogP contribution is 2.26. The maximum Gasteiger partial charge on any atom is 0.337 e. The van der Waals surface area contributed by atoms with Gasteiger partial charge >= 0.3 is 5.97 Å². The molecule has 0 spiro atoms. The molecule has 1 fully saturated rings. The van der Waals surface area contributed by atoms with Crippen LogP contribution in [0.2, 0.25) is 0 Å². The van der Waals surface area contributed by atoms with E-state index >= 15 is 0 Å². The molecular weight excluding hydrogens is 170 g/mol. The van der Waals surface area contributed by atoms with Gasteiger partial charge in [-0.15, -0.1) is 0 Å². The van der Waals surface area contributed by atoms with Gasteiger partial charge in [0, 0.05) is 32.7 Å². The Morgan fingerprint density at radius 3 is 2.46 bits per heavy atom. The number of carboxylic acids is 1. The number of carbonyl (C=O) groups is 1. The number of rotatable bonds is 3. The zero-order valence-electron chi connectivity index (χ0n) is 8.41. The van der Waals surface area contributed by atoms with Crippen molar-refractivity contribution in [3.63, 3.8) is 0 Å². The van der Waals surface area contributed by atoms with Crippen LogP contribution < -0.4 is 0 Å². The lowest BCUT2D eigenvalue weighted by Crippen LogP contribution is -2.44. The molecule has 0 aromatic carbocycles. The second-order valence-electron chi connectivity index (χ2n) is 3.82. The first-order valence-electron chi connectivity index (χ1n) is 4.54. The molecule has 76 valence electrons. The number of hydrogen-bond acceptors (Lipinski definition) is 3. The Morgan fingerprint density at radius 1 is 1.62 bits per heavy atom. The van der Waals surface area contributed by atoms with Gasteiger partial charge in [0.25, 0.3) is 0 Å². The number of hydrogen-bond donors (Lipinski definition) is 1. The molecule has 1 saturated heterocycles. The summed E-state index contributed by atoms with van der Waals surface area (Å²) in [6, 6.07) is 0.386. The quantitative estimate of drug-likeness (QED) is 0.701. The second kappa shape index (κ2) is 3.64. The molecule has 1 atom stereocenters. The van der Waals surface area contributed by atoms with Crippen LogP contribution in [0.15, 0.2) is 0 Å². The predicted molar refractivity (Wildman–Crippen MR) is 48.7 cm³/mol. The summed E-state index contributed by atoms with van der Waals surface area (Å²) < 4.78 is 5.10. The summed E-state index contributed by atoms with van der Waals surface area (Å²) in [6.07, 6.45) is 0.580. The minimum Gasteiger partial charge on any atom is -0.479 e. The second-order valence-corrected chi connectivity index (χ2v) is 3.82. The first-order chi connectivity index (χ1) is 6.02. The van der Waals surface area contributed by atoms with E-state index in [0.29, 0.717) is 19.0 Å². The van der Waals surface area contributed by atoms with Crippen LogP contribution in [0, 0.1) is 0 Å². The van der Waals surface area contributed by atoms with E-state index in [1.807, 2.05) is 0 Å². The average molecular weight is 187 g/mol. The lowest BCUT2D eigenvalue weighted by Gasteiger charge is -2.25. The Bertz CT molecular complexity index is 205. The number of likely N-dealkylation sites (tertiary alicyclic amines) is 1. The summed E-state index contributed by atoms with van der Waals surface area (Å²) in [5.41, 5.74) is -0.968. The van der Waals surface area contributed by atoms with Gasteiger partial charge in [0.1, 0.15) is 0 Å². The van der Waals surface area contributed by atoms with Crippen LogP contribution in [0.4, 0.5) is 0 Å². The molecular formula is C9H17NO3. The summed E-state index contributed by atoms with van der Waals surface area (Å²) in [5.74, 6) is -0.849. The van der Waals surface area contributed by atoms with Crippen molar-refractivity contribution < 1.29 is 14.6 Å². The van der Waals surface area contributed by atoms with E-state index in [1.54, 1.807) is 0 Å². The van der Waals surface area contributed by atoms with Gasteiger partial charge in [-0.05, 0) is 13.8 Å². The van der Waals surface area contributed by atoms with Crippen LogP contribution in [-0.2, 0) is 9.53 Å². The van der Waals surface area contributed by atoms with Gasteiger partial charge in [-0.2, -0.15) is 0 Å². The van der Waals surface area contributed by atoms with E-state index in [1.165, 1.54) is 7.11 Å². The third-order valence-corrected chi connectivity index (χ3v) is 2.77. The van der Waals surface area contributed by atoms with Crippen LogP contribution in [-0.4, -0.2) is 47.8 Å². The fourth-order valence-corrected chi connectivity index (χ4v) is 1.68. The lowest BCUT2D eigenvalue weighted by atomic mass is 10.0. The maximum absolute atomic E-state index is 11.0. The van der Waals surface area contributed by atoms with Crippen molar-refractivity contribution in [1.82, 2.24) is 4.90 Å². The molecule has 1 heterocycles. The van der Waals surface area contributed by atoms with E-state index in [2.05, 4.69) is 18.7 Å². The molecule has 4 nitrogen and oxygen atoms in total. The summed E-state index contributed by atoms with van der Waals surface area (Å²) in [7, 11) is 1.47. The molecule has 1 rings (SSSR count). The van der Waals surface area contributed by atoms with Crippen LogP contribution in [0.3, 0.4) is 0 Å². The van der Waals surface area contributed by atoms with Crippen molar-refractivity contribution in [2.75, 3.05) is 20.2 Å². The van der Waals surface area contributed by atoms with Crippen LogP contribution in [0.1, 0.15) is 20.3 Å². The largest absolute Gasteiger partial charge is 0.479 e. The van der Waals surface area contributed by atoms with Gasteiger partial charge in [0.05, 0.1) is 0 Å².